The summed E-state index contributed by atoms with van der Waals surface area (Å²) in [5.41, 5.74) is 1.54. The first-order chi connectivity index (χ1) is 20.9. The van der Waals surface area contributed by atoms with Crippen molar-refractivity contribution in [1.29, 1.82) is 0 Å². The molecule has 218 valence electrons. The molecule has 0 aliphatic carbocycles. The second-order valence-corrected chi connectivity index (χ2v) is 10.7. The molecule has 0 radical (unpaired) electrons. The lowest BCUT2D eigenvalue weighted by atomic mass is 9.83. The summed E-state index contributed by atoms with van der Waals surface area (Å²) < 4.78 is 3.08. The molecule has 2 atom stereocenters. The highest BCUT2D eigenvalue weighted by Crippen LogP contribution is 2.45. The van der Waals surface area contributed by atoms with Gasteiger partial charge in [0.1, 0.15) is 0 Å². The normalized spacial score (nSPS) is 17.2. The number of hydrogen-bond donors (Lipinski definition) is 2. The van der Waals surface area contributed by atoms with E-state index >= 15 is 0 Å². The number of fused-ring (bicyclic) bond motifs is 2. The Morgan fingerprint density at radius 3 is 2.58 bits per heavy atom. The molecule has 0 saturated carbocycles. The molecule has 1 amide bonds. The summed E-state index contributed by atoms with van der Waals surface area (Å²) in [6.07, 6.45) is 8.39. The summed E-state index contributed by atoms with van der Waals surface area (Å²) in [4.78, 5) is 28.5. The van der Waals surface area contributed by atoms with Gasteiger partial charge in [-0.3, -0.25) is 14.3 Å². The quantitative estimate of drug-likeness (QED) is 0.244. The summed E-state index contributed by atoms with van der Waals surface area (Å²) in [6, 6.07) is 22.0. The zero-order valence-corrected chi connectivity index (χ0v) is 23.7. The fourth-order valence-corrected chi connectivity index (χ4v) is 5.58. The molecular weight excluding hydrogens is 544 g/mol. The van der Waals surface area contributed by atoms with E-state index in [1.54, 1.807) is 34.1 Å². The Kier molecular flexibility index (Phi) is 7.71. The molecule has 0 spiro atoms. The Morgan fingerprint density at radius 2 is 1.77 bits per heavy atom. The number of anilines is 1. The zero-order chi connectivity index (χ0) is 30.0. The number of amides is 1. The highest BCUT2D eigenvalue weighted by atomic mass is 16.3. The lowest BCUT2D eigenvalue weighted by molar-refractivity contribution is -0.139. The maximum atomic E-state index is 13.8. The molecule has 6 rings (SSSR count). The smallest absolute Gasteiger partial charge is 0.279 e. The fraction of sp³-hybridized carbons (Fsp3) is 0.242. The molecular formula is C33H32N6O4. The van der Waals surface area contributed by atoms with E-state index in [1.165, 1.54) is 4.68 Å². The van der Waals surface area contributed by atoms with Crippen LogP contribution in [-0.4, -0.2) is 47.5 Å². The van der Waals surface area contributed by atoms with E-state index < -0.39 is 11.5 Å². The van der Waals surface area contributed by atoms with Gasteiger partial charge in [0.25, 0.3) is 11.5 Å². The van der Waals surface area contributed by atoms with Crippen molar-refractivity contribution in [1.82, 2.24) is 24.8 Å². The number of carbonyl (C=O) groups is 1. The minimum Gasteiger partial charge on any atom is -0.396 e. The number of aromatic nitrogens is 5. The average Bonchev–Trinajstić information content (AvgIpc) is 3.57. The van der Waals surface area contributed by atoms with Crippen molar-refractivity contribution in [2.75, 3.05) is 11.5 Å². The molecule has 10 heteroatoms. The van der Waals surface area contributed by atoms with Gasteiger partial charge in [0.05, 0.1) is 35.2 Å². The minimum atomic E-state index is -1.71. The SMILES string of the molecule is C[C@@H](/C=C/CCn1cc(CCO)nn1)[C@]1(O)C(=O)N(Cc2ccc(-n3ncc4ccccc4c3=O)cc2)c2ccccc21. The third kappa shape index (κ3) is 5.26. The molecule has 1 aliphatic heterocycles. The number of nitrogens with zero attached hydrogens (tertiary/aromatic N) is 6. The minimum absolute atomic E-state index is 0.0245. The Morgan fingerprint density at radius 1 is 1.00 bits per heavy atom. The van der Waals surface area contributed by atoms with Crippen molar-refractivity contribution in [3.8, 4) is 5.69 Å². The van der Waals surface area contributed by atoms with Gasteiger partial charge in [-0.05, 0) is 36.2 Å². The van der Waals surface area contributed by atoms with E-state index in [1.807, 2.05) is 79.7 Å². The van der Waals surface area contributed by atoms with Crippen LogP contribution >= 0.6 is 0 Å². The Balaban J connectivity index is 1.18. The standard InChI is InChI=1S/C33H32N6O4/c1-23(8-6-7-18-37-22-26(17-19-40)35-36-37)33(43)29-11-4-5-12-30(29)38(32(33)42)21-24-13-15-27(16-14-24)39-31(41)28-10-3-2-9-25(28)20-34-39/h2-6,8-16,20,22-23,40,43H,7,17-19,21H2,1H3/b8-6+/t23-,33+/m0/s1. The monoisotopic (exact) mass is 576 g/mol. The summed E-state index contributed by atoms with van der Waals surface area (Å²) in [5.74, 6) is -0.868. The van der Waals surface area contributed by atoms with E-state index in [9.17, 15) is 14.7 Å². The third-order valence-electron chi connectivity index (χ3n) is 7.96. The van der Waals surface area contributed by atoms with Crippen LogP contribution in [0.2, 0.25) is 0 Å². The van der Waals surface area contributed by atoms with Crippen LogP contribution < -0.4 is 10.5 Å². The maximum Gasteiger partial charge on any atom is 0.279 e. The number of carbonyl (C=O) groups excluding carboxylic acids is 1. The van der Waals surface area contributed by atoms with Crippen molar-refractivity contribution >= 4 is 22.4 Å². The second kappa shape index (κ2) is 11.7. The number of aryl methyl sites for hydroxylation is 1. The van der Waals surface area contributed by atoms with Gasteiger partial charge in [-0.2, -0.15) is 9.78 Å². The molecule has 10 nitrogen and oxygen atoms in total. The molecule has 1 aliphatic rings. The molecule has 0 fully saturated rings. The molecule has 43 heavy (non-hydrogen) atoms. The van der Waals surface area contributed by atoms with Crippen molar-refractivity contribution < 1.29 is 15.0 Å². The van der Waals surface area contributed by atoms with E-state index in [4.69, 9.17) is 5.11 Å². The number of rotatable bonds is 10. The van der Waals surface area contributed by atoms with Gasteiger partial charge in [0, 0.05) is 42.6 Å². The van der Waals surface area contributed by atoms with Crippen molar-refractivity contribution in [2.24, 2.45) is 5.92 Å². The molecule has 2 aromatic heterocycles. The van der Waals surface area contributed by atoms with Gasteiger partial charge >= 0.3 is 0 Å². The van der Waals surface area contributed by atoms with E-state index in [0.29, 0.717) is 41.7 Å². The molecule has 0 saturated heterocycles. The molecule has 3 heterocycles. The van der Waals surface area contributed by atoms with Crippen LogP contribution in [0.25, 0.3) is 16.5 Å². The number of benzene rings is 3. The Labute approximate surface area is 248 Å². The first-order valence-electron chi connectivity index (χ1n) is 14.3. The van der Waals surface area contributed by atoms with E-state index in [2.05, 4.69) is 15.4 Å². The predicted molar refractivity (Wildman–Crippen MR) is 163 cm³/mol. The van der Waals surface area contributed by atoms with Crippen LogP contribution in [0, 0.1) is 5.92 Å². The molecule has 0 bridgehead atoms. The largest absolute Gasteiger partial charge is 0.396 e. The first-order valence-corrected chi connectivity index (χ1v) is 14.3. The maximum absolute atomic E-state index is 13.8. The molecule has 3 aromatic carbocycles. The summed E-state index contributed by atoms with van der Waals surface area (Å²) in [7, 11) is 0. The summed E-state index contributed by atoms with van der Waals surface area (Å²) in [5, 5.41) is 34.7. The third-order valence-corrected chi connectivity index (χ3v) is 7.96. The molecule has 0 unspecified atom stereocenters. The topological polar surface area (TPSA) is 126 Å². The van der Waals surface area contributed by atoms with Crippen LogP contribution in [0.4, 0.5) is 5.69 Å². The Hall–Kier alpha value is -4.93. The lowest BCUT2D eigenvalue weighted by Gasteiger charge is -2.27. The van der Waals surface area contributed by atoms with Gasteiger partial charge in [0.15, 0.2) is 5.60 Å². The van der Waals surface area contributed by atoms with Crippen LogP contribution in [-0.2, 0) is 29.9 Å². The molecule has 2 N–H and O–H groups in total. The van der Waals surface area contributed by atoms with Crippen molar-refractivity contribution in [3.63, 3.8) is 0 Å². The van der Waals surface area contributed by atoms with Crippen LogP contribution in [0.1, 0.15) is 30.2 Å². The van der Waals surface area contributed by atoms with E-state index in [-0.39, 0.29) is 24.6 Å². The highest BCUT2D eigenvalue weighted by molar-refractivity contribution is 6.07. The molecule has 5 aromatic rings. The van der Waals surface area contributed by atoms with Crippen LogP contribution in [0.5, 0.6) is 0 Å². The number of aliphatic hydroxyl groups excluding tert-OH is 1. The van der Waals surface area contributed by atoms with Crippen molar-refractivity contribution in [3.05, 3.63) is 125 Å². The lowest BCUT2D eigenvalue weighted by Crippen LogP contribution is -2.44. The predicted octanol–water partition coefficient (Wildman–Crippen LogP) is 3.53. The van der Waals surface area contributed by atoms with Crippen LogP contribution in [0.15, 0.2) is 102 Å². The van der Waals surface area contributed by atoms with Crippen LogP contribution in [0.3, 0.4) is 0 Å². The van der Waals surface area contributed by atoms with Gasteiger partial charge in [-0.1, -0.05) is 72.8 Å². The van der Waals surface area contributed by atoms with Crippen molar-refractivity contribution in [2.45, 2.75) is 38.5 Å². The van der Waals surface area contributed by atoms with E-state index in [0.717, 1.165) is 16.6 Å². The summed E-state index contributed by atoms with van der Waals surface area (Å²) in [6.45, 7) is 2.72. The number of hydrogen-bond acceptors (Lipinski definition) is 7. The van der Waals surface area contributed by atoms with Gasteiger partial charge in [0.2, 0.25) is 0 Å². The summed E-state index contributed by atoms with van der Waals surface area (Å²) >= 11 is 0. The van der Waals surface area contributed by atoms with Gasteiger partial charge in [-0.15, -0.1) is 5.10 Å². The second-order valence-electron chi connectivity index (χ2n) is 10.7. The number of para-hydroxylation sites is 1. The highest BCUT2D eigenvalue weighted by Gasteiger charge is 2.52. The Bertz CT molecular complexity index is 1860. The average molecular weight is 577 g/mol. The van der Waals surface area contributed by atoms with Gasteiger partial charge in [-0.25, -0.2) is 0 Å². The van der Waals surface area contributed by atoms with Gasteiger partial charge < -0.3 is 15.1 Å². The zero-order valence-electron chi connectivity index (χ0n) is 23.7. The fourth-order valence-electron chi connectivity index (χ4n) is 5.58. The number of aliphatic hydroxyl groups is 2. The first kappa shape index (κ1) is 28.2. The number of allylic oxidation sites excluding steroid dienone is 1.